The number of nitrogens with zero attached hydrogens (tertiary/aromatic N) is 2. The van der Waals surface area contributed by atoms with E-state index in [4.69, 9.17) is 11.6 Å². The van der Waals surface area contributed by atoms with Crippen LogP contribution in [0, 0.1) is 0 Å². The molecule has 1 aromatic heterocycles. The van der Waals surface area contributed by atoms with Gasteiger partial charge in [-0.25, -0.2) is 0 Å². The molecule has 0 amide bonds. The summed E-state index contributed by atoms with van der Waals surface area (Å²) in [6.07, 6.45) is 1.81. The minimum atomic E-state index is 0.0532. The molecular weight excluding hydrogens is 393 g/mol. The zero-order chi connectivity index (χ0) is 14.0. The molecule has 2 aromatic rings. The van der Waals surface area contributed by atoms with Crippen molar-refractivity contribution in [2.75, 3.05) is 6.54 Å². The molecule has 0 radical (unpaired) electrons. The van der Waals surface area contributed by atoms with Crippen LogP contribution in [0.5, 0.6) is 0 Å². The van der Waals surface area contributed by atoms with Gasteiger partial charge < -0.3 is 5.32 Å². The van der Waals surface area contributed by atoms with Crippen molar-refractivity contribution in [3.63, 3.8) is 0 Å². The minimum Gasteiger partial charge on any atom is -0.305 e. The van der Waals surface area contributed by atoms with E-state index in [0.717, 1.165) is 26.7 Å². The molecule has 1 aromatic carbocycles. The summed E-state index contributed by atoms with van der Waals surface area (Å²) >= 11 is 13.2. The van der Waals surface area contributed by atoms with Crippen LogP contribution in [0.4, 0.5) is 0 Å². The van der Waals surface area contributed by atoms with E-state index in [2.05, 4.69) is 55.3 Å². The predicted molar refractivity (Wildman–Crippen MR) is 85.6 cm³/mol. The fourth-order valence-electron chi connectivity index (χ4n) is 2.01. The molecule has 102 valence electrons. The van der Waals surface area contributed by atoms with Crippen LogP contribution >= 0.6 is 43.5 Å². The molecule has 19 heavy (non-hydrogen) atoms. The first-order valence-corrected chi connectivity index (χ1v) is 7.86. The number of nitrogens with one attached hydrogen (secondary N) is 1. The van der Waals surface area contributed by atoms with Crippen molar-refractivity contribution in [2.45, 2.75) is 13.0 Å². The van der Waals surface area contributed by atoms with Crippen LogP contribution in [0.1, 0.15) is 24.2 Å². The van der Waals surface area contributed by atoms with Gasteiger partial charge in [-0.15, -0.1) is 0 Å². The summed E-state index contributed by atoms with van der Waals surface area (Å²) in [5, 5.41) is 8.44. The second kappa shape index (κ2) is 6.39. The van der Waals surface area contributed by atoms with E-state index in [0.29, 0.717) is 5.02 Å². The van der Waals surface area contributed by atoms with E-state index in [9.17, 15) is 0 Å². The summed E-state index contributed by atoms with van der Waals surface area (Å²) in [4.78, 5) is 0. The number of hydrogen-bond donors (Lipinski definition) is 1. The number of hydrogen-bond acceptors (Lipinski definition) is 2. The number of aryl methyl sites for hydroxylation is 1. The monoisotopic (exact) mass is 405 g/mol. The zero-order valence-electron chi connectivity index (χ0n) is 10.6. The summed E-state index contributed by atoms with van der Waals surface area (Å²) in [6.45, 7) is 2.94. The van der Waals surface area contributed by atoms with E-state index < -0.39 is 0 Å². The highest BCUT2D eigenvalue weighted by Gasteiger charge is 2.20. The highest BCUT2D eigenvalue weighted by Crippen LogP contribution is 2.31. The lowest BCUT2D eigenvalue weighted by atomic mass is 10.0. The molecule has 0 fully saturated rings. The van der Waals surface area contributed by atoms with Crippen LogP contribution in [0.25, 0.3) is 0 Å². The lowest BCUT2D eigenvalue weighted by Gasteiger charge is -2.20. The maximum atomic E-state index is 6.19. The maximum absolute atomic E-state index is 6.19. The zero-order valence-corrected chi connectivity index (χ0v) is 14.6. The van der Waals surface area contributed by atoms with E-state index in [1.165, 1.54) is 0 Å². The molecule has 1 heterocycles. The van der Waals surface area contributed by atoms with E-state index >= 15 is 0 Å². The quantitative estimate of drug-likeness (QED) is 0.819. The van der Waals surface area contributed by atoms with Gasteiger partial charge in [0.05, 0.1) is 27.4 Å². The molecule has 0 saturated heterocycles. The van der Waals surface area contributed by atoms with Crippen molar-refractivity contribution in [1.29, 1.82) is 0 Å². The van der Waals surface area contributed by atoms with Crippen molar-refractivity contribution in [2.24, 2.45) is 7.05 Å². The first kappa shape index (κ1) is 15.0. The molecule has 1 N–H and O–H groups in total. The Morgan fingerprint density at radius 2 is 2.11 bits per heavy atom. The fraction of sp³-hybridized carbons (Fsp3) is 0.308. The lowest BCUT2D eigenvalue weighted by molar-refractivity contribution is 0.571. The summed E-state index contributed by atoms with van der Waals surface area (Å²) in [5.74, 6) is 0. The smallest absolute Gasteiger partial charge is 0.0760 e. The molecule has 0 aliphatic heterocycles. The highest BCUT2D eigenvalue weighted by atomic mass is 79.9. The Hall–Kier alpha value is -0.360. The summed E-state index contributed by atoms with van der Waals surface area (Å²) in [7, 11) is 1.94. The SMILES string of the molecule is CCNC(c1ccc(Br)c(Cl)c1)c1c(Br)cnn1C. The Morgan fingerprint density at radius 1 is 1.37 bits per heavy atom. The molecule has 6 heteroatoms. The molecule has 2 rings (SSSR count). The number of aromatic nitrogens is 2. The molecular formula is C13H14Br2ClN3. The third-order valence-corrected chi connectivity index (χ3v) is 4.74. The van der Waals surface area contributed by atoms with Crippen LogP contribution in [-0.4, -0.2) is 16.3 Å². The Bertz CT molecular complexity index is 564. The Labute approximate surface area is 134 Å². The molecule has 0 saturated carbocycles. The minimum absolute atomic E-state index is 0.0532. The van der Waals surface area contributed by atoms with E-state index in [1.54, 1.807) is 6.20 Å². The third kappa shape index (κ3) is 3.21. The molecule has 3 nitrogen and oxygen atoms in total. The van der Waals surface area contributed by atoms with Gasteiger partial charge in [0.2, 0.25) is 0 Å². The van der Waals surface area contributed by atoms with E-state index in [1.807, 2.05) is 23.9 Å². The van der Waals surface area contributed by atoms with Gasteiger partial charge in [-0.05, 0) is 56.1 Å². The Morgan fingerprint density at radius 3 is 2.63 bits per heavy atom. The average molecular weight is 408 g/mol. The largest absolute Gasteiger partial charge is 0.305 e. The van der Waals surface area contributed by atoms with Crippen LogP contribution in [0.2, 0.25) is 5.02 Å². The normalized spacial score (nSPS) is 12.7. The molecule has 1 atom stereocenters. The second-order valence-corrected chi connectivity index (χ2v) is 6.28. The number of benzene rings is 1. The number of halogens is 3. The van der Waals surface area contributed by atoms with Crippen LogP contribution in [0.3, 0.4) is 0 Å². The van der Waals surface area contributed by atoms with Crippen molar-refractivity contribution < 1.29 is 0 Å². The topological polar surface area (TPSA) is 29.9 Å². The first-order chi connectivity index (χ1) is 9.04. The van der Waals surface area contributed by atoms with Gasteiger partial charge in [-0.1, -0.05) is 24.6 Å². The summed E-state index contributed by atoms with van der Waals surface area (Å²) < 4.78 is 3.75. The fourth-order valence-corrected chi connectivity index (χ4v) is 3.03. The van der Waals surface area contributed by atoms with Gasteiger partial charge in [0.25, 0.3) is 0 Å². The van der Waals surface area contributed by atoms with Gasteiger partial charge in [-0.2, -0.15) is 5.10 Å². The molecule has 0 bridgehead atoms. The highest BCUT2D eigenvalue weighted by molar-refractivity contribution is 9.10. The summed E-state index contributed by atoms with van der Waals surface area (Å²) in [6, 6.07) is 6.05. The molecule has 1 unspecified atom stereocenters. The number of rotatable bonds is 4. The third-order valence-electron chi connectivity index (χ3n) is 2.90. The van der Waals surface area contributed by atoms with Crippen molar-refractivity contribution in [1.82, 2.24) is 15.1 Å². The Kier molecular flexibility index (Phi) is 5.06. The molecule has 0 aliphatic carbocycles. The standard InChI is InChI=1S/C13H14Br2ClN3/c1-3-17-12(13-10(15)7-18-19(13)2)8-4-5-9(14)11(16)6-8/h4-7,12,17H,3H2,1-2H3. The summed E-state index contributed by atoms with van der Waals surface area (Å²) in [5.41, 5.74) is 2.19. The average Bonchev–Trinajstić information content (AvgIpc) is 2.70. The molecule has 0 aliphatic rings. The van der Waals surface area contributed by atoms with Crippen molar-refractivity contribution in [3.05, 3.63) is 49.6 Å². The van der Waals surface area contributed by atoms with Gasteiger partial charge in [0.1, 0.15) is 0 Å². The lowest BCUT2D eigenvalue weighted by Crippen LogP contribution is -2.24. The van der Waals surface area contributed by atoms with Gasteiger partial charge in [0, 0.05) is 11.5 Å². The van der Waals surface area contributed by atoms with Gasteiger partial charge in [-0.3, -0.25) is 4.68 Å². The van der Waals surface area contributed by atoms with Crippen LogP contribution in [0.15, 0.2) is 33.3 Å². The van der Waals surface area contributed by atoms with Gasteiger partial charge in [0.15, 0.2) is 0 Å². The van der Waals surface area contributed by atoms with Crippen molar-refractivity contribution in [3.8, 4) is 0 Å². The predicted octanol–water partition coefficient (Wildman–Crippen LogP) is 4.30. The van der Waals surface area contributed by atoms with Crippen molar-refractivity contribution >= 4 is 43.5 Å². The van der Waals surface area contributed by atoms with Crippen LogP contribution in [-0.2, 0) is 7.05 Å². The Balaban J connectivity index is 2.48. The first-order valence-electron chi connectivity index (χ1n) is 5.90. The van der Waals surface area contributed by atoms with Gasteiger partial charge >= 0.3 is 0 Å². The maximum Gasteiger partial charge on any atom is 0.0760 e. The van der Waals surface area contributed by atoms with E-state index in [-0.39, 0.29) is 6.04 Å². The van der Waals surface area contributed by atoms with Crippen LogP contribution < -0.4 is 5.32 Å². The molecule has 0 spiro atoms. The second-order valence-electron chi connectivity index (χ2n) is 4.17.